The Morgan fingerprint density at radius 2 is 1.83 bits per heavy atom. The van der Waals surface area contributed by atoms with E-state index in [-0.39, 0.29) is 13.0 Å². The van der Waals surface area contributed by atoms with E-state index >= 15 is 0 Å². The van der Waals surface area contributed by atoms with E-state index in [0.717, 1.165) is 5.92 Å². The Kier molecular flexibility index (Phi) is 10.9. The molecule has 0 aliphatic carbocycles. The molecule has 0 aliphatic heterocycles. The highest BCUT2D eigenvalue weighted by molar-refractivity contribution is 9.10. The van der Waals surface area contributed by atoms with Crippen molar-refractivity contribution in [1.82, 2.24) is 10.6 Å². The lowest BCUT2D eigenvalue weighted by Crippen LogP contribution is -2.41. The first-order valence-corrected chi connectivity index (χ1v) is 8.16. The fraction of sp³-hybridized carbons (Fsp3) is 0.429. The van der Waals surface area contributed by atoms with Gasteiger partial charge in [-0.15, -0.1) is 0 Å². The molecule has 1 rings (SSSR count). The summed E-state index contributed by atoms with van der Waals surface area (Å²) < 4.78 is 0.556. The van der Waals surface area contributed by atoms with Gasteiger partial charge in [0.1, 0.15) is 0 Å². The highest BCUT2D eigenvalue weighted by Gasteiger charge is 2.13. The number of benzene rings is 1. The van der Waals surface area contributed by atoms with Crippen LogP contribution in [0.2, 0.25) is 5.02 Å². The number of carbonyl (C=O) groups is 2. The van der Waals surface area contributed by atoms with Gasteiger partial charge in [0.25, 0.3) is 5.91 Å². The van der Waals surface area contributed by atoms with Crippen LogP contribution in [0.4, 0.5) is 0 Å². The molecule has 0 atom stereocenters. The van der Waals surface area contributed by atoms with E-state index in [2.05, 4.69) is 47.3 Å². The maximum absolute atomic E-state index is 11.8. The van der Waals surface area contributed by atoms with Gasteiger partial charge in [0, 0.05) is 9.50 Å². The minimum Gasteiger partial charge on any atom is -0.426 e. The van der Waals surface area contributed by atoms with E-state index in [9.17, 15) is 9.59 Å². The van der Waals surface area contributed by atoms with Crippen LogP contribution in [-0.2, 0) is 4.79 Å². The molecular formula is C14H21BBrClN2O4. The van der Waals surface area contributed by atoms with Crippen molar-refractivity contribution in [2.75, 3.05) is 13.0 Å². The van der Waals surface area contributed by atoms with E-state index in [0.29, 0.717) is 15.1 Å². The van der Waals surface area contributed by atoms with Crippen LogP contribution in [0, 0.1) is 5.92 Å². The van der Waals surface area contributed by atoms with Crippen LogP contribution in [0.1, 0.15) is 31.1 Å². The minimum absolute atomic E-state index is 0.273. The van der Waals surface area contributed by atoms with Crippen LogP contribution in [0.25, 0.3) is 0 Å². The zero-order chi connectivity index (χ0) is 18.0. The fourth-order valence-corrected chi connectivity index (χ4v) is 1.79. The van der Waals surface area contributed by atoms with Crippen molar-refractivity contribution in [3.63, 3.8) is 0 Å². The number of amides is 2. The van der Waals surface area contributed by atoms with E-state index < -0.39 is 18.9 Å². The van der Waals surface area contributed by atoms with Gasteiger partial charge in [-0.05, 0) is 40.0 Å². The molecule has 6 nitrogen and oxygen atoms in total. The van der Waals surface area contributed by atoms with Crippen molar-refractivity contribution in [2.45, 2.75) is 20.8 Å². The summed E-state index contributed by atoms with van der Waals surface area (Å²) in [5.74, 6) is -0.159. The Hall–Kier alpha value is -1.09. The van der Waals surface area contributed by atoms with Gasteiger partial charge in [0.15, 0.2) is 0 Å². The third kappa shape index (κ3) is 11.1. The van der Waals surface area contributed by atoms with Gasteiger partial charge in [-0.1, -0.05) is 32.4 Å². The first kappa shape index (κ1) is 21.9. The number of nitrogens with one attached hydrogen (secondary N) is 2. The molecule has 0 unspecified atom stereocenters. The summed E-state index contributed by atoms with van der Waals surface area (Å²) in [6, 6.07) is 4.72. The van der Waals surface area contributed by atoms with Gasteiger partial charge in [-0.3, -0.25) is 9.59 Å². The molecule has 1 aromatic carbocycles. The summed E-state index contributed by atoms with van der Waals surface area (Å²) in [5.41, 5.74) is 0.308. The second-order valence-electron chi connectivity index (χ2n) is 5.32. The van der Waals surface area contributed by atoms with Crippen LogP contribution in [0.15, 0.2) is 22.7 Å². The zero-order valence-electron chi connectivity index (χ0n) is 13.3. The molecule has 1 aromatic rings. The monoisotopic (exact) mass is 406 g/mol. The maximum Gasteiger partial charge on any atom is 0.472 e. The van der Waals surface area contributed by atoms with Crippen molar-refractivity contribution < 1.29 is 19.6 Å². The molecule has 0 bridgehead atoms. The Bertz CT molecular complexity index is 527. The van der Waals surface area contributed by atoms with Crippen LogP contribution in [0.3, 0.4) is 0 Å². The minimum atomic E-state index is -1.62. The summed E-state index contributed by atoms with van der Waals surface area (Å²) in [4.78, 5) is 23.0. The van der Waals surface area contributed by atoms with Crippen molar-refractivity contribution >= 4 is 46.5 Å². The smallest absolute Gasteiger partial charge is 0.426 e. The Morgan fingerprint density at radius 1 is 1.26 bits per heavy atom. The van der Waals surface area contributed by atoms with Gasteiger partial charge in [-0.2, -0.15) is 0 Å². The van der Waals surface area contributed by atoms with Crippen molar-refractivity contribution in [3.05, 3.63) is 33.3 Å². The molecule has 0 heterocycles. The maximum atomic E-state index is 11.8. The number of hydrogen-bond acceptors (Lipinski definition) is 4. The zero-order valence-corrected chi connectivity index (χ0v) is 15.6. The van der Waals surface area contributed by atoms with Crippen molar-refractivity contribution in [1.29, 1.82) is 0 Å². The van der Waals surface area contributed by atoms with Crippen molar-refractivity contribution in [3.8, 4) is 0 Å². The summed E-state index contributed by atoms with van der Waals surface area (Å²) in [7, 11) is -1.62. The molecule has 2 amide bonds. The predicted molar refractivity (Wildman–Crippen MR) is 95.2 cm³/mol. The fourth-order valence-electron chi connectivity index (χ4n) is 1.19. The first-order valence-electron chi connectivity index (χ1n) is 6.99. The van der Waals surface area contributed by atoms with E-state index in [1.165, 1.54) is 6.07 Å². The number of carbonyl (C=O) groups excluding carboxylic acids is 2. The number of rotatable bonds is 5. The quantitative estimate of drug-likeness (QED) is 0.558. The Balaban J connectivity index is 0.00000108. The second kappa shape index (κ2) is 11.5. The molecule has 0 aromatic heterocycles. The van der Waals surface area contributed by atoms with Gasteiger partial charge < -0.3 is 20.7 Å². The highest BCUT2D eigenvalue weighted by atomic mass is 79.9. The summed E-state index contributed by atoms with van der Waals surface area (Å²) in [6.45, 7) is 6.23. The first-order chi connectivity index (χ1) is 10.6. The second-order valence-corrected chi connectivity index (χ2v) is 6.61. The molecule has 0 radical (unpaired) electrons. The largest absolute Gasteiger partial charge is 0.472 e. The summed E-state index contributed by atoms with van der Waals surface area (Å²) >= 11 is 8.97. The molecule has 0 aliphatic rings. The van der Waals surface area contributed by atoms with Crippen molar-refractivity contribution in [2.24, 2.45) is 5.92 Å². The lowest BCUT2D eigenvalue weighted by Gasteiger charge is -2.08. The van der Waals surface area contributed by atoms with Crippen LogP contribution in [-0.4, -0.2) is 42.0 Å². The van der Waals surface area contributed by atoms with Crippen LogP contribution >= 0.6 is 27.5 Å². The SMILES string of the molecule is CC(C)C.O=C(CNC(=O)c1cc(Cl)ccc1Br)NCB(O)O. The number of halogens is 2. The normalized spacial score (nSPS) is 9.74. The molecule has 23 heavy (non-hydrogen) atoms. The lowest BCUT2D eigenvalue weighted by atomic mass is 9.92. The van der Waals surface area contributed by atoms with E-state index in [1.807, 2.05) is 0 Å². The van der Waals surface area contributed by atoms with Gasteiger partial charge in [0.05, 0.1) is 18.6 Å². The van der Waals surface area contributed by atoms with Crippen LogP contribution < -0.4 is 10.6 Å². The van der Waals surface area contributed by atoms with E-state index in [4.69, 9.17) is 21.6 Å². The van der Waals surface area contributed by atoms with E-state index in [1.54, 1.807) is 12.1 Å². The molecule has 0 fully saturated rings. The summed E-state index contributed by atoms with van der Waals surface area (Å²) in [5, 5.41) is 22.1. The molecular weight excluding hydrogens is 386 g/mol. The van der Waals surface area contributed by atoms with Crippen LogP contribution in [0.5, 0.6) is 0 Å². The average molecular weight is 408 g/mol. The third-order valence-electron chi connectivity index (χ3n) is 2.06. The molecule has 0 saturated carbocycles. The average Bonchev–Trinajstić information content (AvgIpc) is 2.44. The molecule has 0 saturated heterocycles. The molecule has 0 spiro atoms. The predicted octanol–water partition coefficient (Wildman–Crippen LogP) is 1.62. The standard InChI is InChI=1S/C10H11BBrClN2O4.C4H10/c12-8-2-1-6(13)3-7(8)10(17)14-4-9(16)15-5-11(18)19;1-4(2)3/h1-3,18-19H,4-5H2,(H,14,17)(H,15,16);4H,1-3H3. The molecule has 128 valence electrons. The Morgan fingerprint density at radius 3 is 2.35 bits per heavy atom. The third-order valence-corrected chi connectivity index (χ3v) is 2.99. The van der Waals surface area contributed by atoms with Gasteiger partial charge >= 0.3 is 7.12 Å². The van der Waals surface area contributed by atoms with Gasteiger partial charge in [0.2, 0.25) is 5.91 Å². The lowest BCUT2D eigenvalue weighted by molar-refractivity contribution is -0.119. The topological polar surface area (TPSA) is 98.7 Å². The summed E-state index contributed by atoms with van der Waals surface area (Å²) in [6.07, 6.45) is -0.296. The number of hydrogen-bond donors (Lipinski definition) is 4. The Labute approximate surface area is 149 Å². The highest BCUT2D eigenvalue weighted by Crippen LogP contribution is 2.20. The molecule has 4 N–H and O–H groups in total. The van der Waals surface area contributed by atoms with Gasteiger partial charge in [-0.25, -0.2) is 0 Å². The molecule has 9 heteroatoms.